The minimum Gasteiger partial charge on any atom is -0.379 e. The Balaban J connectivity index is 2.26. The Hall–Kier alpha value is -1.01. The maximum Gasteiger partial charge on any atom is 0.253 e. The van der Waals surface area contributed by atoms with Crippen molar-refractivity contribution in [3.63, 3.8) is 0 Å². The van der Waals surface area contributed by atoms with Gasteiger partial charge < -0.3 is 14.9 Å². The van der Waals surface area contributed by atoms with Gasteiger partial charge in [0.25, 0.3) is 5.91 Å². The molecule has 94 valence electrons. The zero-order valence-corrected chi connectivity index (χ0v) is 9.69. The van der Waals surface area contributed by atoms with Crippen LogP contribution in [0.2, 0.25) is 0 Å². The Morgan fingerprint density at radius 1 is 1.29 bits per heavy atom. The molecule has 0 amide bonds. The van der Waals surface area contributed by atoms with Crippen LogP contribution in [0, 0.1) is 12.7 Å². The highest BCUT2D eigenvalue weighted by atomic mass is 19.1. The summed E-state index contributed by atoms with van der Waals surface area (Å²) in [5.41, 5.74) is 0.668. The maximum absolute atomic E-state index is 13.1. The van der Waals surface area contributed by atoms with Gasteiger partial charge in [-0.05, 0) is 30.7 Å². The van der Waals surface area contributed by atoms with Crippen molar-refractivity contribution in [2.75, 3.05) is 26.3 Å². The lowest BCUT2D eigenvalue weighted by Crippen LogP contribution is -2.51. The molecule has 1 aromatic carbocycles. The Bertz CT molecular complexity index is 403. The fraction of sp³-hybridized carbons (Fsp3) is 0.500. The molecule has 1 heterocycles. The highest BCUT2D eigenvalue weighted by molar-refractivity contribution is 5.26. The summed E-state index contributed by atoms with van der Waals surface area (Å²) in [6.07, 6.45) is 0. The third-order valence-electron chi connectivity index (χ3n) is 3.00. The largest absolute Gasteiger partial charge is 0.379 e. The van der Waals surface area contributed by atoms with Crippen LogP contribution in [-0.2, 0) is 10.6 Å². The molecule has 2 rings (SSSR count). The first-order valence-electron chi connectivity index (χ1n) is 5.56. The predicted molar refractivity (Wildman–Crippen MR) is 59.6 cm³/mol. The molecule has 5 heteroatoms. The SMILES string of the molecule is Cc1cc(C(O)(O)N2CCOCC2)ccc1F. The summed E-state index contributed by atoms with van der Waals surface area (Å²) in [4.78, 5) is 1.50. The van der Waals surface area contributed by atoms with Crippen LogP contribution in [0.25, 0.3) is 0 Å². The minimum atomic E-state index is -2.07. The van der Waals surface area contributed by atoms with Gasteiger partial charge in [0.05, 0.1) is 13.2 Å². The second-order valence-corrected chi connectivity index (χ2v) is 4.20. The molecule has 4 nitrogen and oxygen atoms in total. The zero-order valence-electron chi connectivity index (χ0n) is 9.69. The average Bonchev–Trinajstić information content (AvgIpc) is 2.33. The Labute approximate surface area is 99.2 Å². The van der Waals surface area contributed by atoms with Crippen molar-refractivity contribution in [2.24, 2.45) is 0 Å². The van der Waals surface area contributed by atoms with Crippen molar-refractivity contribution in [2.45, 2.75) is 12.8 Å². The first-order valence-corrected chi connectivity index (χ1v) is 5.56. The predicted octanol–water partition coefficient (Wildman–Crippen LogP) is 0.561. The van der Waals surface area contributed by atoms with Crippen LogP contribution in [0.1, 0.15) is 11.1 Å². The van der Waals surface area contributed by atoms with Crippen molar-refractivity contribution >= 4 is 0 Å². The van der Waals surface area contributed by atoms with Gasteiger partial charge >= 0.3 is 0 Å². The summed E-state index contributed by atoms with van der Waals surface area (Å²) in [6.45, 7) is 3.38. The lowest BCUT2D eigenvalue weighted by atomic mass is 10.1. The minimum absolute atomic E-state index is 0.276. The highest BCUT2D eigenvalue weighted by Gasteiger charge is 2.35. The monoisotopic (exact) mass is 241 g/mol. The van der Waals surface area contributed by atoms with Gasteiger partial charge in [0.1, 0.15) is 5.82 Å². The molecule has 0 saturated carbocycles. The summed E-state index contributed by atoms with van der Waals surface area (Å²) >= 11 is 0. The lowest BCUT2D eigenvalue weighted by molar-refractivity contribution is -0.286. The van der Waals surface area contributed by atoms with Crippen LogP contribution in [-0.4, -0.2) is 41.4 Å². The summed E-state index contributed by atoms with van der Waals surface area (Å²) < 4.78 is 18.3. The topological polar surface area (TPSA) is 52.9 Å². The van der Waals surface area contributed by atoms with Crippen LogP contribution < -0.4 is 0 Å². The first kappa shape index (κ1) is 12.4. The molecule has 0 aliphatic carbocycles. The molecule has 0 spiro atoms. The van der Waals surface area contributed by atoms with Crippen LogP contribution in [0.15, 0.2) is 18.2 Å². The van der Waals surface area contributed by atoms with Crippen LogP contribution in [0.4, 0.5) is 4.39 Å². The number of nitrogens with zero attached hydrogens (tertiary/aromatic N) is 1. The molecule has 0 bridgehead atoms. The second kappa shape index (κ2) is 4.70. The van der Waals surface area contributed by atoms with Crippen molar-refractivity contribution in [3.8, 4) is 0 Å². The van der Waals surface area contributed by atoms with E-state index < -0.39 is 5.91 Å². The first-order chi connectivity index (χ1) is 8.01. The molecule has 1 aromatic rings. The van der Waals surface area contributed by atoms with Gasteiger partial charge in [-0.1, -0.05) is 0 Å². The van der Waals surface area contributed by atoms with E-state index in [1.807, 2.05) is 0 Å². The third-order valence-corrected chi connectivity index (χ3v) is 3.00. The van der Waals surface area contributed by atoms with E-state index in [9.17, 15) is 14.6 Å². The van der Waals surface area contributed by atoms with E-state index in [4.69, 9.17) is 4.74 Å². The number of benzene rings is 1. The number of halogens is 1. The molecule has 1 aliphatic heterocycles. The van der Waals surface area contributed by atoms with E-state index in [0.29, 0.717) is 31.9 Å². The molecule has 1 fully saturated rings. The van der Waals surface area contributed by atoms with E-state index >= 15 is 0 Å². The summed E-state index contributed by atoms with van der Waals surface area (Å²) in [6, 6.07) is 4.08. The third kappa shape index (κ3) is 2.47. The van der Waals surface area contributed by atoms with Gasteiger partial charge in [0, 0.05) is 18.7 Å². The Kier molecular flexibility index (Phi) is 3.44. The van der Waals surface area contributed by atoms with Crippen LogP contribution >= 0.6 is 0 Å². The van der Waals surface area contributed by atoms with Gasteiger partial charge in [-0.2, -0.15) is 0 Å². The van der Waals surface area contributed by atoms with E-state index in [1.54, 1.807) is 6.92 Å². The number of hydrogen-bond donors (Lipinski definition) is 2. The van der Waals surface area contributed by atoms with Crippen molar-refractivity contribution in [3.05, 3.63) is 35.1 Å². The number of ether oxygens (including phenoxy) is 1. The lowest BCUT2D eigenvalue weighted by Gasteiger charge is -2.37. The Morgan fingerprint density at radius 2 is 1.94 bits per heavy atom. The van der Waals surface area contributed by atoms with Crippen LogP contribution in [0.5, 0.6) is 0 Å². The van der Waals surface area contributed by atoms with Gasteiger partial charge in [-0.3, -0.25) is 0 Å². The van der Waals surface area contributed by atoms with Gasteiger partial charge in [0.15, 0.2) is 0 Å². The fourth-order valence-corrected chi connectivity index (χ4v) is 1.91. The van der Waals surface area contributed by atoms with Gasteiger partial charge in [0.2, 0.25) is 0 Å². The van der Waals surface area contributed by atoms with E-state index in [0.717, 1.165) is 0 Å². The number of aryl methyl sites for hydroxylation is 1. The van der Waals surface area contributed by atoms with Crippen molar-refractivity contribution < 1.29 is 19.3 Å². The van der Waals surface area contributed by atoms with E-state index in [2.05, 4.69) is 0 Å². The number of morpholine rings is 1. The van der Waals surface area contributed by atoms with Gasteiger partial charge in [-0.15, -0.1) is 0 Å². The maximum atomic E-state index is 13.1. The molecule has 17 heavy (non-hydrogen) atoms. The highest BCUT2D eigenvalue weighted by Crippen LogP contribution is 2.25. The summed E-state index contributed by atoms with van der Waals surface area (Å²) in [7, 11) is 0. The molecule has 0 unspecified atom stereocenters. The summed E-state index contributed by atoms with van der Waals surface area (Å²) in [5, 5.41) is 20.3. The summed E-state index contributed by atoms with van der Waals surface area (Å²) in [5.74, 6) is -2.42. The quantitative estimate of drug-likeness (QED) is 0.743. The standard InChI is InChI=1S/C12H16FNO3/c1-9-8-10(2-3-11(9)13)12(15,16)14-4-6-17-7-5-14/h2-3,8,15-16H,4-7H2,1H3. The molecular weight excluding hydrogens is 225 g/mol. The smallest absolute Gasteiger partial charge is 0.253 e. The number of aliphatic hydroxyl groups is 2. The second-order valence-electron chi connectivity index (χ2n) is 4.20. The van der Waals surface area contributed by atoms with E-state index in [1.165, 1.54) is 23.1 Å². The van der Waals surface area contributed by atoms with Crippen LogP contribution in [0.3, 0.4) is 0 Å². The Morgan fingerprint density at radius 3 is 2.53 bits per heavy atom. The normalized spacial score (nSPS) is 18.4. The fourth-order valence-electron chi connectivity index (χ4n) is 1.91. The molecule has 1 saturated heterocycles. The molecule has 0 aromatic heterocycles. The molecule has 0 radical (unpaired) electrons. The van der Waals surface area contributed by atoms with Crippen molar-refractivity contribution in [1.29, 1.82) is 0 Å². The zero-order chi connectivity index (χ0) is 12.5. The van der Waals surface area contributed by atoms with Gasteiger partial charge in [-0.25, -0.2) is 9.29 Å². The van der Waals surface area contributed by atoms with Crippen molar-refractivity contribution in [1.82, 2.24) is 4.90 Å². The van der Waals surface area contributed by atoms with E-state index in [-0.39, 0.29) is 11.4 Å². The average molecular weight is 241 g/mol. The number of rotatable bonds is 2. The molecular formula is C12H16FNO3. The molecule has 0 atom stereocenters. The molecule has 1 aliphatic rings. The number of hydrogen-bond acceptors (Lipinski definition) is 4. The molecule has 2 N–H and O–H groups in total.